The van der Waals surface area contributed by atoms with Crippen molar-refractivity contribution in [3.8, 4) is 5.75 Å². The lowest BCUT2D eigenvalue weighted by Crippen LogP contribution is -2.34. The van der Waals surface area contributed by atoms with Gasteiger partial charge in [0.2, 0.25) is 0 Å². The molecule has 0 radical (unpaired) electrons. The number of benzene rings is 1. The van der Waals surface area contributed by atoms with Crippen molar-refractivity contribution in [3.05, 3.63) is 80.1 Å². The molecule has 1 aromatic carbocycles. The van der Waals surface area contributed by atoms with Crippen molar-refractivity contribution in [2.75, 3.05) is 6.61 Å². The summed E-state index contributed by atoms with van der Waals surface area (Å²) in [6.07, 6.45) is 1.17. The Kier molecular flexibility index (Phi) is 7.94. The number of rotatable bonds is 7. The number of carbonyl (C=O) groups is 2. The lowest BCUT2D eigenvalue weighted by atomic mass is 10.2. The van der Waals surface area contributed by atoms with Crippen molar-refractivity contribution in [3.63, 3.8) is 0 Å². The van der Waals surface area contributed by atoms with Crippen LogP contribution in [0.1, 0.15) is 37.6 Å². The summed E-state index contributed by atoms with van der Waals surface area (Å²) in [5.74, 6) is -1.13. The predicted octanol–water partition coefficient (Wildman–Crippen LogP) is 4.44. The van der Waals surface area contributed by atoms with Crippen LogP contribution in [0.4, 0.5) is 0 Å². The van der Waals surface area contributed by atoms with Gasteiger partial charge in [0.1, 0.15) is 22.6 Å². The predicted molar refractivity (Wildman–Crippen MR) is 140 cm³/mol. The Balaban J connectivity index is 1.94. The first kappa shape index (κ1) is 26.4. The van der Waals surface area contributed by atoms with Crippen molar-refractivity contribution in [1.82, 2.24) is 14.0 Å². The number of carbonyl (C=O) groups excluding carboxylic acids is 2. The Morgan fingerprint density at radius 2 is 1.92 bits per heavy atom. The zero-order valence-corrected chi connectivity index (χ0v) is 21.9. The van der Waals surface area contributed by atoms with Crippen molar-refractivity contribution >= 4 is 51.8 Å². The quantitative estimate of drug-likeness (QED) is 0.252. The van der Waals surface area contributed by atoms with Gasteiger partial charge >= 0.3 is 5.97 Å². The Hall–Kier alpha value is -3.69. The summed E-state index contributed by atoms with van der Waals surface area (Å²) in [7, 11) is 0. The molecule has 0 aliphatic heterocycles. The van der Waals surface area contributed by atoms with Gasteiger partial charge in [0.05, 0.1) is 17.0 Å². The van der Waals surface area contributed by atoms with E-state index in [-0.39, 0.29) is 39.4 Å². The van der Waals surface area contributed by atoms with Crippen molar-refractivity contribution in [1.29, 1.82) is 0 Å². The van der Waals surface area contributed by atoms with E-state index in [1.54, 1.807) is 48.0 Å². The minimum atomic E-state index is -1.05. The monoisotopic (exact) mass is 542 g/mol. The highest BCUT2D eigenvalue weighted by molar-refractivity contribution is 6.35. The Labute approximate surface area is 221 Å². The number of hydrogen-bond donors (Lipinski definition) is 0. The number of pyridine rings is 2. The lowest BCUT2D eigenvalue weighted by molar-refractivity contribution is -0.124. The number of ether oxygens (including phenoxy) is 2. The number of aryl methyl sites for hydroxylation is 1. The molecule has 1 amide bonds. The van der Waals surface area contributed by atoms with Crippen LogP contribution in [0, 0.1) is 0 Å². The Morgan fingerprint density at radius 1 is 1.14 bits per heavy atom. The van der Waals surface area contributed by atoms with Crippen molar-refractivity contribution in [2.45, 2.75) is 39.8 Å². The molecule has 1 atom stereocenters. The molecule has 0 saturated heterocycles. The number of aromatic nitrogens is 3. The van der Waals surface area contributed by atoms with Crippen LogP contribution in [0.3, 0.4) is 0 Å². The molecule has 11 heteroatoms. The largest absolute Gasteiger partial charge is 0.479 e. The molecule has 192 valence electrons. The molecule has 4 aromatic rings. The van der Waals surface area contributed by atoms with Gasteiger partial charge in [-0.3, -0.25) is 14.0 Å². The molecule has 0 unspecified atom stereocenters. The summed E-state index contributed by atoms with van der Waals surface area (Å²) in [4.78, 5) is 48.4. The summed E-state index contributed by atoms with van der Waals surface area (Å²) in [5.41, 5.74) is 0.361. The molecule has 0 fully saturated rings. The molecule has 3 aromatic heterocycles. The first-order valence-electron chi connectivity index (χ1n) is 11.7. The van der Waals surface area contributed by atoms with Gasteiger partial charge in [0.25, 0.3) is 11.5 Å². The molecular formula is C26H24Cl2N4O5. The average molecular weight is 543 g/mol. The van der Waals surface area contributed by atoms with Gasteiger partial charge in [-0.2, -0.15) is 4.99 Å². The molecule has 0 saturated carbocycles. The highest BCUT2D eigenvalue weighted by Gasteiger charge is 2.22. The second kappa shape index (κ2) is 11.1. The first-order chi connectivity index (χ1) is 17.7. The third kappa shape index (κ3) is 5.38. The summed E-state index contributed by atoms with van der Waals surface area (Å²) in [5, 5.41) is 0.860. The molecular weight excluding hydrogens is 519 g/mol. The maximum Gasteiger partial charge on any atom is 0.341 e. The number of nitrogens with zero attached hydrogens (tertiary/aromatic N) is 4. The molecule has 4 rings (SSSR count). The van der Waals surface area contributed by atoms with Crippen LogP contribution in [-0.2, 0) is 16.1 Å². The highest BCUT2D eigenvalue weighted by atomic mass is 35.5. The van der Waals surface area contributed by atoms with E-state index in [1.807, 2.05) is 6.92 Å². The third-order valence-corrected chi connectivity index (χ3v) is 6.02. The van der Waals surface area contributed by atoms with Crippen LogP contribution in [-0.4, -0.2) is 38.5 Å². The maximum absolute atomic E-state index is 13.3. The van der Waals surface area contributed by atoms with Gasteiger partial charge in [-0.1, -0.05) is 36.2 Å². The number of esters is 1. The SMILES string of the molecule is CCCn1c(=NC(=O)[C@@H](C)Oc2ccc(Cl)cc2Cl)c(C(=O)OCC)cc2c(=O)n3ccccc3nc21. The Bertz CT molecular complexity index is 1640. The van der Waals surface area contributed by atoms with Crippen LogP contribution in [0.25, 0.3) is 16.7 Å². The molecule has 0 bridgehead atoms. The molecule has 0 aliphatic rings. The smallest absolute Gasteiger partial charge is 0.341 e. The van der Waals surface area contributed by atoms with E-state index in [9.17, 15) is 14.4 Å². The normalized spacial score (nSPS) is 12.6. The van der Waals surface area contributed by atoms with Gasteiger partial charge in [-0.15, -0.1) is 0 Å². The van der Waals surface area contributed by atoms with Gasteiger partial charge in [0.15, 0.2) is 11.6 Å². The van der Waals surface area contributed by atoms with E-state index < -0.39 is 18.0 Å². The van der Waals surface area contributed by atoms with Crippen molar-refractivity contribution in [2.24, 2.45) is 4.99 Å². The van der Waals surface area contributed by atoms with Gasteiger partial charge in [-0.25, -0.2) is 9.78 Å². The number of fused-ring (bicyclic) bond motifs is 2. The summed E-state index contributed by atoms with van der Waals surface area (Å²) in [6, 6.07) is 11.2. The maximum atomic E-state index is 13.3. The van der Waals surface area contributed by atoms with Crippen LogP contribution >= 0.6 is 23.2 Å². The second-order valence-corrected chi connectivity index (χ2v) is 8.97. The van der Waals surface area contributed by atoms with E-state index >= 15 is 0 Å². The highest BCUT2D eigenvalue weighted by Crippen LogP contribution is 2.28. The van der Waals surface area contributed by atoms with Gasteiger partial charge in [0, 0.05) is 17.8 Å². The molecule has 37 heavy (non-hydrogen) atoms. The standard InChI is InChI=1S/C26H24Cl2N4O5/c1-4-11-32-22-17(25(34)31-12-7-6-8-21(31)29-22)14-18(26(35)36-5-2)23(32)30-24(33)15(3)37-20-10-9-16(27)13-19(20)28/h6-10,12-15H,4-5,11H2,1-3H3/t15-/m1/s1. The molecule has 0 spiro atoms. The van der Waals surface area contributed by atoms with Crippen molar-refractivity contribution < 1.29 is 19.1 Å². The fourth-order valence-electron chi connectivity index (χ4n) is 3.80. The molecule has 9 nitrogen and oxygen atoms in total. The average Bonchev–Trinajstić information content (AvgIpc) is 2.87. The fourth-order valence-corrected chi connectivity index (χ4v) is 4.25. The van der Waals surface area contributed by atoms with E-state index in [2.05, 4.69) is 9.98 Å². The number of halogens is 2. The molecule has 0 aliphatic carbocycles. The van der Waals surface area contributed by atoms with Crippen LogP contribution in [0.5, 0.6) is 5.75 Å². The lowest BCUT2D eigenvalue weighted by Gasteiger charge is -2.16. The van der Waals surface area contributed by atoms with E-state index in [0.717, 1.165) is 0 Å². The number of amides is 1. The minimum Gasteiger partial charge on any atom is -0.479 e. The zero-order valence-electron chi connectivity index (χ0n) is 20.4. The van der Waals surface area contributed by atoms with Crippen LogP contribution in [0.2, 0.25) is 10.0 Å². The number of hydrogen-bond acceptors (Lipinski definition) is 6. The summed E-state index contributed by atoms with van der Waals surface area (Å²) in [6.45, 7) is 5.54. The summed E-state index contributed by atoms with van der Waals surface area (Å²) >= 11 is 12.1. The van der Waals surface area contributed by atoms with Crippen LogP contribution < -0.4 is 15.8 Å². The zero-order chi connectivity index (χ0) is 26.7. The van der Waals surface area contributed by atoms with E-state index in [1.165, 1.54) is 23.5 Å². The first-order valence-corrected chi connectivity index (χ1v) is 12.4. The van der Waals surface area contributed by atoms with Crippen LogP contribution in [0.15, 0.2) is 58.4 Å². The summed E-state index contributed by atoms with van der Waals surface area (Å²) < 4.78 is 13.9. The minimum absolute atomic E-state index is 0.0253. The molecule has 3 heterocycles. The van der Waals surface area contributed by atoms with E-state index in [0.29, 0.717) is 29.3 Å². The third-order valence-electron chi connectivity index (χ3n) is 5.49. The molecule has 0 N–H and O–H groups in total. The topological polar surface area (TPSA) is 104 Å². The fraction of sp³-hybridized carbons (Fsp3) is 0.269. The van der Waals surface area contributed by atoms with Gasteiger partial charge < -0.3 is 14.0 Å². The Morgan fingerprint density at radius 3 is 2.62 bits per heavy atom. The second-order valence-electron chi connectivity index (χ2n) is 8.12. The van der Waals surface area contributed by atoms with Gasteiger partial charge in [-0.05, 0) is 56.7 Å². The van der Waals surface area contributed by atoms with E-state index in [4.69, 9.17) is 32.7 Å².